The lowest BCUT2D eigenvalue weighted by molar-refractivity contribution is -0.145. The molecule has 0 aromatic carbocycles. The van der Waals surface area contributed by atoms with Gasteiger partial charge in [0.15, 0.2) is 0 Å². The number of thiocarbonyl (C=S) groups is 1. The van der Waals surface area contributed by atoms with Gasteiger partial charge in [-0.05, 0) is 0 Å². The van der Waals surface area contributed by atoms with Gasteiger partial charge in [0, 0.05) is 7.05 Å². The van der Waals surface area contributed by atoms with Gasteiger partial charge >= 0.3 is 11.8 Å². The topological polar surface area (TPSA) is 117 Å². The molecule has 0 atom stereocenters. The van der Waals surface area contributed by atoms with Crippen LogP contribution >= 0.6 is 12.2 Å². The highest BCUT2D eigenvalue weighted by Gasteiger charge is 2.19. The van der Waals surface area contributed by atoms with E-state index in [0.29, 0.717) is 5.82 Å². The molecule has 17 heavy (non-hydrogen) atoms. The second-order valence-corrected chi connectivity index (χ2v) is 3.77. The van der Waals surface area contributed by atoms with Crippen LogP contribution in [0.25, 0.3) is 0 Å². The zero-order chi connectivity index (χ0) is 12.8. The molecule has 8 nitrogen and oxygen atoms in total. The highest BCUT2D eigenvalue weighted by molar-refractivity contribution is 7.80. The van der Waals surface area contributed by atoms with E-state index in [-0.39, 0.29) is 18.1 Å². The minimum Gasteiger partial charge on any atom is -0.392 e. The lowest BCUT2D eigenvalue weighted by atomic mass is 10.4. The van der Waals surface area contributed by atoms with Crippen LogP contribution in [0, 0.1) is 0 Å². The van der Waals surface area contributed by atoms with E-state index in [4.69, 9.17) is 5.73 Å². The number of aromatic amines is 1. The number of likely N-dealkylation sites (N-methyl/N-ethyl adjacent to an activating group) is 1. The first kappa shape index (κ1) is 13.0. The molecule has 1 heterocycles. The molecule has 0 fully saturated rings. The van der Waals surface area contributed by atoms with Crippen LogP contribution < -0.4 is 11.1 Å². The molecule has 1 aromatic rings. The number of hydrogen-bond donors (Lipinski definition) is 3. The number of H-pyrrole nitrogens is 1. The van der Waals surface area contributed by atoms with Gasteiger partial charge in [-0.15, -0.1) is 0 Å². The van der Waals surface area contributed by atoms with Crippen molar-refractivity contribution >= 4 is 29.0 Å². The van der Waals surface area contributed by atoms with Gasteiger partial charge in [0.25, 0.3) is 0 Å². The SMILES string of the molecule is CN(Cc1ncn[nH]1)C(=O)C(=O)NCC(N)=S. The molecule has 1 rings (SSSR count). The number of aromatic nitrogens is 3. The third-order valence-electron chi connectivity index (χ3n) is 1.82. The molecule has 0 saturated carbocycles. The van der Waals surface area contributed by atoms with E-state index in [9.17, 15) is 9.59 Å². The van der Waals surface area contributed by atoms with Crippen LogP contribution in [-0.2, 0) is 16.1 Å². The van der Waals surface area contributed by atoms with Gasteiger partial charge in [0.1, 0.15) is 12.2 Å². The standard InChI is InChI=1S/C8H12N6O2S/c1-14(3-6-11-4-12-13-6)8(16)7(15)10-2-5(9)17/h4H,2-3H2,1H3,(H2,9,17)(H,10,15)(H,11,12,13). The highest BCUT2D eigenvalue weighted by atomic mass is 32.1. The first-order valence-electron chi connectivity index (χ1n) is 4.66. The predicted octanol–water partition coefficient (Wildman–Crippen LogP) is -1.83. The van der Waals surface area contributed by atoms with E-state index in [2.05, 4.69) is 32.7 Å². The second-order valence-electron chi connectivity index (χ2n) is 3.24. The summed E-state index contributed by atoms with van der Waals surface area (Å²) in [4.78, 5) is 28.1. The van der Waals surface area contributed by atoms with E-state index in [1.807, 2.05) is 0 Å². The van der Waals surface area contributed by atoms with Gasteiger partial charge < -0.3 is 16.0 Å². The normalized spacial score (nSPS) is 9.71. The molecule has 2 amide bonds. The Morgan fingerprint density at radius 3 is 2.88 bits per heavy atom. The number of nitrogens with zero attached hydrogens (tertiary/aromatic N) is 3. The number of nitrogens with one attached hydrogen (secondary N) is 2. The van der Waals surface area contributed by atoms with Gasteiger partial charge in [0.2, 0.25) is 0 Å². The Kier molecular flexibility index (Phi) is 4.52. The summed E-state index contributed by atoms with van der Waals surface area (Å²) < 4.78 is 0. The summed E-state index contributed by atoms with van der Waals surface area (Å²) in [7, 11) is 1.48. The minimum atomic E-state index is -0.764. The predicted molar refractivity (Wildman–Crippen MR) is 62.7 cm³/mol. The number of carbonyl (C=O) groups excluding carboxylic acids is 2. The fourth-order valence-electron chi connectivity index (χ4n) is 1.02. The van der Waals surface area contributed by atoms with Gasteiger partial charge in [0.05, 0.1) is 18.1 Å². The van der Waals surface area contributed by atoms with Gasteiger partial charge in [-0.3, -0.25) is 14.7 Å². The number of amides is 2. The summed E-state index contributed by atoms with van der Waals surface area (Å²) >= 11 is 4.57. The van der Waals surface area contributed by atoms with Crippen molar-refractivity contribution in [3.8, 4) is 0 Å². The molecular formula is C8H12N6O2S. The summed E-state index contributed by atoms with van der Waals surface area (Å²) in [5, 5.41) is 8.52. The van der Waals surface area contributed by atoms with Crippen molar-refractivity contribution in [3.05, 3.63) is 12.2 Å². The van der Waals surface area contributed by atoms with Crippen molar-refractivity contribution in [2.24, 2.45) is 5.73 Å². The molecule has 92 valence electrons. The Morgan fingerprint density at radius 1 is 1.65 bits per heavy atom. The van der Waals surface area contributed by atoms with Crippen molar-refractivity contribution in [1.82, 2.24) is 25.4 Å². The Hall–Kier alpha value is -2.03. The third-order valence-corrected chi connectivity index (χ3v) is 1.96. The summed E-state index contributed by atoms with van der Waals surface area (Å²) in [6.45, 7) is 0.162. The maximum absolute atomic E-state index is 11.5. The Balaban J connectivity index is 2.46. The van der Waals surface area contributed by atoms with Gasteiger partial charge in [-0.2, -0.15) is 5.10 Å². The first-order valence-corrected chi connectivity index (χ1v) is 5.07. The molecule has 0 saturated heterocycles. The molecule has 0 aliphatic rings. The number of nitrogens with two attached hydrogens (primary N) is 1. The zero-order valence-corrected chi connectivity index (χ0v) is 9.95. The summed E-state index contributed by atoms with van der Waals surface area (Å²) in [5.74, 6) is -0.972. The summed E-state index contributed by atoms with van der Waals surface area (Å²) in [5.41, 5.74) is 5.20. The fraction of sp³-hybridized carbons (Fsp3) is 0.375. The van der Waals surface area contributed by atoms with E-state index >= 15 is 0 Å². The number of hydrogen-bond acceptors (Lipinski definition) is 5. The summed E-state index contributed by atoms with van der Waals surface area (Å²) in [6, 6.07) is 0. The lowest BCUT2D eigenvalue weighted by Crippen LogP contribution is -2.43. The Labute approximate surface area is 103 Å². The van der Waals surface area contributed by atoms with Crippen LogP contribution in [0.3, 0.4) is 0 Å². The van der Waals surface area contributed by atoms with Crippen LogP contribution in [0.4, 0.5) is 0 Å². The quantitative estimate of drug-likeness (QED) is 0.431. The number of carbonyl (C=O) groups is 2. The second kappa shape index (κ2) is 5.89. The van der Waals surface area contributed by atoms with Crippen LogP contribution in [0.15, 0.2) is 6.33 Å². The first-order chi connectivity index (χ1) is 8.00. The largest absolute Gasteiger partial charge is 0.392 e. The summed E-state index contributed by atoms with van der Waals surface area (Å²) in [6.07, 6.45) is 1.32. The fourth-order valence-corrected chi connectivity index (χ4v) is 1.09. The Bertz CT molecular complexity index is 418. The number of rotatable bonds is 4. The van der Waals surface area contributed by atoms with Gasteiger partial charge in [-0.1, -0.05) is 12.2 Å². The van der Waals surface area contributed by atoms with Crippen molar-refractivity contribution in [2.45, 2.75) is 6.54 Å². The third kappa shape index (κ3) is 4.15. The zero-order valence-electron chi connectivity index (χ0n) is 9.14. The van der Waals surface area contributed by atoms with E-state index in [1.165, 1.54) is 18.3 Å². The van der Waals surface area contributed by atoms with Crippen LogP contribution in [-0.4, -0.2) is 50.5 Å². The smallest absolute Gasteiger partial charge is 0.312 e. The molecule has 0 radical (unpaired) electrons. The van der Waals surface area contributed by atoms with Crippen molar-refractivity contribution in [1.29, 1.82) is 0 Å². The lowest BCUT2D eigenvalue weighted by Gasteiger charge is -2.14. The van der Waals surface area contributed by atoms with Crippen molar-refractivity contribution in [2.75, 3.05) is 13.6 Å². The molecule has 0 spiro atoms. The maximum Gasteiger partial charge on any atom is 0.312 e. The highest BCUT2D eigenvalue weighted by Crippen LogP contribution is 1.94. The molecule has 0 aliphatic heterocycles. The van der Waals surface area contributed by atoms with Crippen molar-refractivity contribution in [3.63, 3.8) is 0 Å². The average molecular weight is 256 g/mol. The van der Waals surface area contributed by atoms with Crippen molar-refractivity contribution < 1.29 is 9.59 Å². The molecule has 1 aromatic heterocycles. The van der Waals surface area contributed by atoms with E-state index in [0.717, 1.165) is 0 Å². The molecule has 0 bridgehead atoms. The van der Waals surface area contributed by atoms with Gasteiger partial charge in [-0.25, -0.2) is 4.98 Å². The van der Waals surface area contributed by atoms with E-state index < -0.39 is 11.8 Å². The monoisotopic (exact) mass is 256 g/mol. The molecular weight excluding hydrogens is 244 g/mol. The van der Waals surface area contributed by atoms with Crippen LogP contribution in [0.1, 0.15) is 5.82 Å². The van der Waals surface area contributed by atoms with Crippen LogP contribution in [0.5, 0.6) is 0 Å². The van der Waals surface area contributed by atoms with E-state index in [1.54, 1.807) is 0 Å². The van der Waals surface area contributed by atoms with Crippen LogP contribution in [0.2, 0.25) is 0 Å². The average Bonchev–Trinajstić information content (AvgIpc) is 2.77. The molecule has 0 aliphatic carbocycles. The molecule has 9 heteroatoms. The minimum absolute atomic E-state index is 0.00391. The Morgan fingerprint density at radius 2 is 2.35 bits per heavy atom. The maximum atomic E-state index is 11.5. The molecule has 0 unspecified atom stereocenters. The molecule has 4 N–H and O–H groups in total.